The van der Waals surface area contributed by atoms with E-state index in [1.54, 1.807) is 0 Å². The van der Waals surface area contributed by atoms with E-state index in [9.17, 15) is 4.79 Å². The maximum atomic E-state index is 12.1. The van der Waals surface area contributed by atoms with Crippen molar-refractivity contribution in [1.82, 2.24) is 9.88 Å². The van der Waals surface area contributed by atoms with Crippen LogP contribution in [0.15, 0.2) is 48.7 Å². The maximum absolute atomic E-state index is 12.1. The Morgan fingerprint density at radius 1 is 1.12 bits per heavy atom. The van der Waals surface area contributed by atoms with E-state index in [0.29, 0.717) is 6.42 Å². The van der Waals surface area contributed by atoms with Crippen molar-refractivity contribution in [2.75, 3.05) is 42.9 Å². The van der Waals surface area contributed by atoms with E-state index in [0.717, 1.165) is 49.8 Å². The highest BCUT2D eigenvalue weighted by molar-refractivity contribution is 5.90. The molecule has 1 aliphatic heterocycles. The van der Waals surface area contributed by atoms with E-state index in [1.165, 1.54) is 0 Å². The highest BCUT2D eigenvalue weighted by atomic mass is 16.1. The first-order valence-electron chi connectivity index (χ1n) is 8.45. The van der Waals surface area contributed by atoms with Gasteiger partial charge in [-0.05, 0) is 36.8 Å². The van der Waals surface area contributed by atoms with Gasteiger partial charge in [0, 0.05) is 51.0 Å². The molecule has 0 atom stereocenters. The fraction of sp³-hybridized carbons (Fsp3) is 0.368. The number of carbonyl (C=O) groups is 1. The number of nitrogens with zero attached hydrogens (tertiary/aromatic N) is 3. The number of anilines is 2. The van der Waals surface area contributed by atoms with Crippen molar-refractivity contribution in [3.05, 3.63) is 54.2 Å². The van der Waals surface area contributed by atoms with Crippen molar-refractivity contribution in [1.29, 1.82) is 0 Å². The molecule has 2 aromatic rings. The van der Waals surface area contributed by atoms with E-state index in [4.69, 9.17) is 0 Å². The van der Waals surface area contributed by atoms with Gasteiger partial charge in [-0.3, -0.25) is 9.69 Å². The highest BCUT2D eigenvalue weighted by Crippen LogP contribution is 2.13. The average Bonchev–Trinajstić information content (AvgIpc) is 2.61. The summed E-state index contributed by atoms with van der Waals surface area (Å²) in [6, 6.07) is 13.9. The number of amides is 1. The molecular weight excluding hydrogens is 300 g/mol. The maximum Gasteiger partial charge on any atom is 0.225 e. The first-order valence-corrected chi connectivity index (χ1v) is 8.45. The van der Waals surface area contributed by atoms with Crippen LogP contribution in [0.2, 0.25) is 0 Å². The van der Waals surface area contributed by atoms with Gasteiger partial charge >= 0.3 is 0 Å². The fourth-order valence-corrected chi connectivity index (χ4v) is 2.95. The molecule has 0 aliphatic carbocycles. The Hall–Kier alpha value is -2.40. The summed E-state index contributed by atoms with van der Waals surface area (Å²) in [6.45, 7) is 6.67. The second kappa shape index (κ2) is 7.93. The van der Waals surface area contributed by atoms with Gasteiger partial charge in [-0.15, -0.1) is 0 Å². The summed E-state index contributed by atoms with van der Waals surface area (Å²) in [5.74, 6) is 1.11. The molecule has 1 aliphatic rings. The molecule has 1 fully saturated rings. The van der Waals surface area contributed by atoms with Crippen LogP contribution in [0.3, 0.4) is 0 Å². The topological polar surface area (TPSA) is 48.5 Å². The van der Waals surface area contributed by atoms with E-state index < -0.39 is 0 Å². The zero-order chi connectivity index (χ0) is 16.8. The van der Waals surface area contributed by atoms with Crippen LogP contribution in [0, 0.1) is 6.92 Å². The molecular formula is C19H24N4O. The van der Waals surface area contributed by atoms with Gasteiger partial charge in [-0.2, -0.15) is 0 Å². The lowest BCUT2D eigenvalue weighted by atomic mass is 10.2. The summed E-state index contributed by atoms with van der Waals surface area (Å²) in [6.07, 6.45) is 2.36. The Bertz CT molecular complexity index is 666. The van der Waals surface area contributed by atoms with Crippen LogP contribution in [-0.2, 0) is 4.79 Å². The fourth-order valence-electron chi connectivity index (χ4n) is 2.95. The van der Waals surface area contributed by atoms with Gasteiger partial charge in [0.15, 0.2) is 0 Å². The molecule has 0 spiro atoms. The summed E-state index contributed by atoms with van der Waals surface area (Å²) >= 11 is 0. The third kappa shape index (κ3) is 4.55. The molecule has 0 radical (unpaired) electrons. The first kappa shape index (κ1) is 16.5. The van der Waals surface area contributed by atoms with Crippen molar-refractivity contribution < 1.29 is 4.79 Å². The predicted octanol–water partition coefficient (Wildman–Crippen LogP) is 2.54. The molecule has 3 rings (SSSR count). The molecule has 1 amide bonds. The van der Waals surface area contributed by atoms with Gasteiger partial charge in [-0.25, -0.2) is 4.98 Å². The minimum atomic E-state index is 0.0766. The zero-order valence-electron chi connectivity index (χ0n) is 14.1. The molecule has 1 N–H and O–H groups in total. The number of carbonyl (C=O) groups excluding carboxylic acids is 1. The molecule has 2 heterocycles. The van der Waals surface area contributed by atoms with E-state index in [1.807, 2.05) is 55.6 Å². The van der Waals surface area contributed by atoms with Gasteiger partial charge in [0.25, 0.3) is 0 Å². The standard InChI is InChI=1S/C19H24N4O/c1-16-5-4-6-17(15-16)21-19(24)8-10-22-11-13-23(14-12-22)18-7-2-3-9-20-18/h2-7,9,15H,8,10-14H2,1H3,(H,21,24). The third-order valence-electron chi connectivity index (χ3n) is 4.30. The number of hydrogen-bond acceptors (Lipinski definition) is 4. The summed E-state index contributed by atoms with van der Waals surface area (Å²) in [7, 11) is 0. The molecule has 5 nitrogen and oxygen atoms in total. The minimum absolute atomic E-state index is 0.0766. The number of aryl methyl sites for hydroxylation is 1. The van der Waals surface area contributed by atoms with Gasteiger partial charge in [-0.1, -0.05) is 18.2 Å². The normalized spacial score (nSPS) is 15.3. The van der Waals surface area contributed by atoms with Crippen molar-refractivity contribution in [3.8, 4) is 0 Å². The number of aromatic nitrogens is 1. The Labute approximate surface area is 143 Å². The second-order valence-corrected chi connectivity index (χ2v) is 6.18. The summed E-state index contributed by atoms with van der Waals surface area (Å²) < 4.78 is 0. The highest BCUT2D eigenvalue weighted by Gasteiger charge is 2.18. The predicted molar refractivity (Wildman–Crippen MR) is 97.3 cm³/mol. The van der Waals surface area contributed by atoms with Gasteiger partial charge < -0.3 is 10.2 Å². The average molecular weight is 324 g/mol. The van der Waals surface area contributed by atoms with Crippen LogP contribution in [0.25, 0.3) is 0 Å². The van der Waals surface area contributed by atoms with Crippen molar-refractivity contribution in [3.63, 3.8) is 0 Å². The Balaban J connectivity index is 1.41. The van der Waals surface area contributed by atoms with Crippen LogP contribution in [0.1, 0.15) is 12.0 Å². The van der Waals surface area contributed by atoms with Crippen LogP contribution < -0.4 is 10.2 Å². The number of hydrogen-bond donors (Lipinski definition) is 1. The molecule has 0 saturated carbocycles. The Kier molecular flexibility index (Phi) is 5.43. The molecule has 0 unspecified atom stereocenters. The van der Waals surface area contributed by atoms with Crippen molar-refractivity contribution >= 4 is 17.4 Å². The van der Waals surface area contributed by atoms with Gasteiger partial charge in [0.1, 0.15) is 5.82 Å². The molecule has 1 aromatic heterocycles. The number of nitrogens with one attached hydrogen (secondary N) is 1. The smallest absolute Gasteiger partial charge is 0.225 e. The number of pyridine rings is 1. The molecule has 5 heteroatoms. The number of rotatable bonds is 5. The number of benzene rings is 1. The summed E-state index contributed by atoms with van der Waals surface area (Å²) in [5, 5.41) is 2.97. The quantitative estimate of drug-likeness (QED) is 0.918. The van der Waals surface area contributed by atoms with Crippen LogP contribution >= 0.6 is 0 Å². The van der Waals surface area contributed by atoms with Crippen LogP contribution in [-0.4, -0.2) is 48.5 Å². The largest absolute Gasteiger partial charge is 0.354 e. The third-order valence-corrected chi connectivity index (χ3v) is 4.30. The van der Waals surface area contributed by atoms with Gasteiger partial charge in [0.2, 0.25) is 5.91 Å². The minimum Gasteiger partial charge on any atom is -0.354 e. The summed E-state index contributed by atoms with van der Waals surface area (Å²) in [5.41, 5.74) is 2.03. The lowest BCUT2D eigenvalue weighted by Gasteiger charge is -2.35. The van der Waals surface area contributed by atoms with Gasteiger partial charge in [0.05, 0.1) is 0 Å². The zero-order valence-corrected chi connectivity index (χ0v) is 14.1. The Morgan fingerprint density at radius 2 is 1.96 bits per heavy atom. The van der Waals surface area contributed by atoms with Crippen molar-refractivity contribution in [2.24, 2.45) is 0 Å². The van der Waals surface area contributed by atoms with E-state index in [-0.39, 0.29) is 5.91 Å². The van der Waals surface area contributed by atoms with E-state index >= 15 is 0 Å². The first-order chi connectivity index (χ1) is 11.7. The number of piperazine rings is 1. The van der Waals surface area contributed by atoms with Crippen LogP contribution in [0.5, 0.6) is 0 Å². The molecule has 126 valence electrons. The second-order valence-electron chi connectivity index (χ2n) is 6.18. The lowest BCUT2D eigenvalue weighted by Crippen LogP contribution is -2.47. The molecule has 1 aromatic carbocycles. The van der Waals surface area contributed by atoms with Crippen molar-refractivity contribution in [2.45, 2.75) is 13.3 Å². The Morgan fingerprint density at radius 3 is 2.67 bits per heavy atom. The van der Waals surface area contributed by atoms with E-state index in [2.05, 4.69) is 20.1 Å². The monoisotopic (exact) mass is 324 g/mol. The summed E-state index contributed by atoms with van der Waals surface area (Å²) in [4.78, 5) is 21.1. The lowest BCUT2D eigenvalue weighted by molar-refractivity contribution is -0.116. The van der Waals surface area contributed by atoms with Crippen LogP contribution in [0.4, 0.5) is 11.5 Å². The SMILES string of the molecule is Cc1cccc(NC(=O)CCN2CCN(c3ccccn3)CC2)c1. The molecule has 24 heavy (non-hydrogen) atoms. The molecule has 1 saturated heterocycles. The molecule has 0 bridgehead atoms.